The number of aliphatic carboxylic acids is 1. The fourth-order valence-electron chi connectivity index (χ4n) is 3.70. The van der Waals surface area contributed by atoms with E-state index in [0.29, 0.717) is 25.8 Å². The number of rotatable bonds is 10. The summed E-state index contributed by atoms with van der Waals surface area (Å²) in [6.07, 6.45) is 1.53. The van der Waals surface area contributed by atoms with Gasteiger partial charge in [0, 0.05) is 6.54 Å². The van der Waals surface area contributed by atoms with Crippen LogP contribution < -0.4 is 10.6 Å². The quantitative estimate of drug-likeness (QED) is 0.459. The smallest absolute Gasteiger partial charge is 0.326 e. The molecule has 1 fully saturated rings. The Hall–Kier alpha value is -3.23. The second kappa shape index (κ2) is 11.4. The van der Waals surface area contributed by atoms with E-state index in [1.165, 1.54) is 11.8 Å². The number of hydrogen-bond donors (Lipinski definition) is 3. The summed E-state index contributed by atoms with van der Waals surface area (Å²) in [5.41, 5.74) is 0.773. The van der Waals surface area contributed by atoms with Crippen LogP contribution in [0.2, 0.25) is 0 Å². The molecule has 32 heavy (non-hydrogen) atoms. The fourth-order valence-corrected chi connectivity index (χ4v) is 3.70. The number of nitrogens with zero attached hydrogens (tertiary/aromatic N) is 1. The molecule has 9 nitrogen and oxygen atoms in total. The van der Waals surface area contributed by atoms with E-state index in [0.717, 1.165) is 5.56 Å². The number of nitrogens with one attached hydrogen (secondary N) is 2. The van der Waals surface area contributed by atoms with Crippen molar-refractivity contribution in [3.05, 3.63) is 35.9 Å². The topological polar surface area (TPSA) is 133 Å². The van der Waals surface area contributed by atoms with Gasteiger partial charge in [0.05, 0.1) is 12.5 Å². The van der Waals surface area contributed by atoms with Crippen molar-refractivity contribution in [3.63, 3.8) is 0 Å². The molecule has 0 saturated carbocycles. The molecule has 1 aromatic rings. The maximum Gasteiger partial charge on any atom is 0.326 e. The summed E-state index contributed by atoms with van der Waals surface area (Å²) in [5, 5.41) is 14.4. The highest BCUT2D eigenvalue weighted by atomic mass is 16.4. The summed E-state index contributed by atoms with van der Waals surface area (Å²) in [6, 6.07) is 5.96. The standard InChI is InChI=1S/C23H31N3O6/c1-4-14(2)19(22(30)26-12-8-11-17(26)23(31)32)25-21(29)20(28)15(3)24-18(27)13-16-9-6-5-7-10-16/h5-7,9-10,14-15,17,19H,4,8,11-13H2,1-3H3,(H,24,27)(H,25,29)(H,31,32)/t14?,15?,17-,19-/m0/s1. The molecule has 0 bridgehead atoms. The van der Waals surface area contributed by atoms with Gasteiger partial charge in [-0.3, -0.25) is 19.2 Å². The van der Waals surface area contributed by atoms with Gasteiger partial charge < -0.3 is 20.6 Å². The van der Waals surface area contributed by atoms with Crippen LogP contribution in [0.4, 0.5) is 0 Å². The minimum absolute atomic E-state index is 0.0690. The molecule has 2 unspecified atom stereocenters. The van der Waals surface area contributed by atoms with Crippen LogP contribution in [0.1, 0.15) is 45.6 Å². The molecule has 1 heterocycles. The maximum absolute atomic E-state index is 13.0. The molecular formula is C23H31N3O6. The first kappa shape index (κ1) is 25.0. The second-order valence-corrected chi connectivity index (χ2v) is 8.18. The lowest BCUT2D eigenvalue weighted by molar-refractivity contribution is -0.150. The van der Waals surface area contributed by atoms with Crippen molar-refractivity contribution in [2.45, 2.75) is 64.6 Å². The number of ketones is 1. The van der Waals surface area contributed by atoms with E-state index in [4.69, 9.17) is 0 Å². The summed E-state index contributed by atoms with van der Waals surface area (Å²) in [4.78, 5) is 63.1. The van der Waals surface area contributed by atoms with Crippen molar-refractivity contribution in [1.82, 2.24) is 15.5 Å². The fraction of sp³-hybridized carbons (Fsp3) is 0.522. The van der Waals surface area contributed by atoms with E-state index in [1.807, 2.05) is 13.0 Å². The third kappa shape index (κ3) is 6.38. The highest BCUT2D eigenvalue weighted by Gasteiger charge is 2.40. The average molecular weight is 446 g/mol. The van der Waals surface area contributed by atoms with Crippen molar-refractivity contribution in [3.8, 4) is 0 Å². The first-order chi connectivity index (χ1) is 15.1. The van der Waals surface area contributed by atoms with Crippen molar-refractivity contribution in [2.24, 2.45) is 5.92 Å². The summed E-state index contributed by atoms with van der Waals surface area (Å²) in [5.74, 6) is -4.16. The Morgan fingerprint density at radius 1 is 1.09 bits per heavy atom. The van der Waals surface area contributed by atoms with Crippen molar-refractivity contribution in [2.75, 3.05) is 6.54 Å². The van der Waals surface area contributed by atoms with E-state index in [1.54, 1.807) is 31.2 Å². The van der Waals surface area contributed by atoms with Gasteiger partial charge in [-0.05, 0) is 31.2 Å². The van der Waals surface area contributed by atoms with E-state index in [9.17, 15) is 29.1 Å². The van der Waals surface area contributed by atoms with Crippen molar-refractivity contribution in [1.29, 1.82) is 0 Å². The Labute approximate surface area is 187 Å². The molecule has 1 aromatic carbocycles. The molecule has 1 saturated heterocycles. The molecule has 174 valence electrons. The molecule has 0 aliphatic carbocycles. The number of carbonyl (C=O) groups excluding carboxylic acids is 4. The van der Waals surface area contributed by atoms with E-state index < -0.39 is 47.6 Å². The third-order valence-electron chi connectivity index (χ3n) is 5.79. The third-order valence-corrected chi connectivity index (χ3v) is 5.79. The normalized spacial score (nSPS) is 18.3. The molecule has 4 atom stereocenters. The van der Waals surface area contributed by atoms with Crippen molar-refractivity contribution >= 4 is 29.5 Å². The zero-order chi connectivity index (χ0) is 23.8. The van der Waals surface area contributed by atoms with Crippen LogP contribution in [-0.2, 0) is 30.4 Å². The summed E-state index contributed by atoms with van der Waals surface area (Å²) in [7, 11) is 0. The molecule has 3 amide bonds. The zero-order valence-corrected chi connectivity index (χ0v) is 18.7. The molecule has 1 aliphatic rings. The molecule has 3 N–H and O–H groups in total. The Bertz CT molecular complexity index is 857. The van der Waals surface area contributed by atoms with Gasteiger partial charge in [0.1, 0.15) is 12.1 Å². The SMILES string of the molecule is CCC(C)[C@H](NC(=O)C(=O)C(C)NC(=O)Cc1ccccc1)C(=O)N1CCC[C@H]1C(=O)O. The summed E-state index contributed by atoms with van der Waals surface area (Å²) >= 11 is 0. The van der Waals surface area contributed by atoms with E-state index >= 15 is 0 Å². The van der Waals surface area contributed by atoms with Crippen LogP contribution in [-0.4, -0.2) is 64.2 Å². The molecule has 0 radical (unpaired) electrons. The Morgan fingerprint density at radius 3 is 2.34 bits per heavy atom. The number of amides is 3. The Balaban J connectivity index is 2.02. The number of carbonyl (C=O) groups is 5. The van der Waals surface area contributed by atoms with Crippen LogP contribution in [0, 0.1) is 5.92 Å². The second-order valence-electron chi connectivity index (χ2n) is 8.18. The van der Waals surface area contributed by atoms with Gasteiger partial charge in [0.25, 0.3) is 5.91 Å². The molecule has 2 rings (SSSR count). The largest absolute Gasteiger partial charge is 0.480 e. The van der Waals surface area contributed by atoms with Crippen LogP contribution >= 0.6 is 0 Å². The maximum atomic E-state index is 13.0. The Kier molecular flexibility index (Phi) is 8.92. The lowest BCUT2D eigenvalue weighted by atomic mass is 9.97. The number of carboxylic acids is 1. The first-order valence-corrected chi connectivity index (χ1v) is 10.9. The lowest BCUT2D eigenvalue weighted by Crippen LogP contribution is -2.56. The van der Waals surface area contributed by atoms with Crippen LogP contribution in [0.25, 0.3) is 0 Å². The van der Waals surface area contributed by atoms with Crippen LogP contribution in [0.15, 0.2) is 30.3 Å². The van der Waals surface area contributed by atoms with Gasteiger partial charge in [-0.15, -0.1) is 0 Å². The highest BCUT2D eigenvalue weighted by Crippen LogP contribution is 2.21. The minimum atomic E-state index is -1.09. The van der Waals surface area contributed by atoms with Gasteiger partial charge in [-0.2, -0.15) is 0 Å². The lowest BCUT2D eigenvalue weighted by Gasteiger charge is -2.30. The van der Waals surface area contributed by atoms with Crippen molar-refractivity contribution < 1.29 is 29.1 Å². The monoisotopic (exact) mass is 445 g/mol. The van der Waals surface area contributed by atoms with E-state index in [-0.39, 0.29) is 12.3 Å². The van der Waals surface area contributed by atoms with Gasteiger partial charge in [0.15, 0.2) is 0 Å². The minimum Gasteiger partial charge on any atom is -0.480 e. The number of Topliss-reactive ketones (excluding diaryl/α,β-unsaturated/α-hetero) is 1. The summed E-state index contributed by atoms with van der Waals surface area (Å²) in [6.45, 7) is 5.29. The predicted molar refractivity (Wildman–Crippen MR) is 117 cm³/mol. The Morgan fingerprint density at radius 2 is 1.75 bits per heavy atom. The number of carboxylic acid groups (broad SMARTS) is 1. The number of benzene rings is 1. The van der Waals surface area contributed by atoms with E-state index in [2.05, 4.69) is 10.6 Å². The average Bonchev–Trinajstić information content (AvgIpc) is 3.26. The van der Waals surface area contributed by atoms with Gasteiger partial charge in [-0.25, -0.2) is 4.79 Å². The number of hydrogen-bond acceptors (Lipinski definition) is 5. The van der Waals surface area contributed by atoms with Gasteiger partial charge >= 0.3 is 5.97 Å². The van der Waals surface area contributed by atoms with Crippen LogP contribution in [0.5, 0.6) is 0 Å². The van der Waals surface area contributed by atoms with Crippen LogP contribution in [0.3, 0.4) is 0 Å². The molecule has 9 heteroatoms. The van der Waals surface area contributed by atoms with Gasteiger partial charge in [-0.1, -0.05) is 50.6 Å². The summed E-state index contributed by atoms with van der Waals surface area (Å²) < 4.78 is 0. The number of likely N-dealkylation sites (tertiary alicyclic amines) is 1. The molecule has 0 aromatic heterocycles. The zero-order valence-electron chi connectivity index (χ0n) is 18.7. The highest BCUT2D eigenvalue weighted by molar-refractivity contribution is 6.38. The molecule has 1 aliphatic heterocycles. The van der Waals surface area contributed by atoms with Gasteiger partial charge in [0.2, 0.25) is 17.6 Å². The molecular weight excluding hydrogens is 414 g/mol. The molecule has 0 spiro atoms. The predicted octanol–water partition coefficient (Wildman–Crippen LogP) is 0.909. The first-order valence-electron chi connectivity index (χ1n) is 10.9.